The van der Waals surface area contributed by atoms with E-state index < -0.39 is 15.8 Å². The summed E-state index contributed by atoms with van der Waals surface area (Å²) in [6, 6.07) is 0. The van der Waals surface area contributed by atoms with Crippen molar-refractivity contribution in [2.24, 2.45) is 0 Å². The van der Waals surface area contributed by atoms with Crippen LogP contribution in [-0.2, 0) is 10.3 Å². The predicted molar refractivity (Wildman–Crippen MR) is 55.7 cm³/mol. The van der Waals surface area contributed by atoms with Gasteiger partial charge < -0.3 is 0 Å². The zero-order chi connectivity index (χ0) is 9.78. The Morgan fingerprint density at radius 1 is 1.54 bits per heavy atom. The lowest BCUT2D eigenvalue weighted by Crippen LogP contribution is -2.35. The average Bonchev–Trinajstić information content (AvgIpc) is 1.84. The lowest BCUT2D eigenvalue weighted by atomic mass is 10.3. The van der Waals surface area contributed by atoms with Gasteiger partial charge in [-0.1, -0.05) is 13.3 Å². The van der Waals surface area contributed by atoms with Gasteiger partial charge in [0.15, 0.2) is 0 Å². The molecule has 4 nitrogen and oxygen atoms in total. The lowest BCUT2D eigenvalue weighted by molar-refractivity contribution is 0.339. The summed E-state index contributed by atoms with van der Waals surface area (Å²) in [6.07, 6.45) is 1.55. The van der Waals surface area contributed by atoms with Crippen LogP contribution in [0.4, 0.5) is 0 Å². The van der Waals surface area contributed by atoms with Crippen molar-refractivity contribution in [3.63, 3.8) is 0 Å². The molecule has 0 aliphatic heterocycles. The van der Waals surface area contributed by atoms with Gasteiger partial charge >= 0.3 is 10.3 Å². The topological polar surface area (TPSA) is 57.6 Å². The maximum absolute atomic E-state index is 10.7. The van der Waals surface area contributed by atoms with Crippen LogP contribution in [0.3, 0.4) is 0 Å². The minimum absolute atomic E-state index is 0. The molecule has 0 aliphatic carbocycles. The second kappa shape index (κ2) is 6.84. The SMILES string of the molecule is CCCCN(C(C)Cl)S(=O)(=O)O.Cl. The Morgan fingerprint density at radius 3 is 2.23 bits per heavy atom. The number of rotatable bonds is 5. The molecule has 1 atom stereocenters. The molecule has 0 rings (SSSR count). The van der Waals surface area contributed by atoms with Crippen LogP contribution in [0.15, 0.2) is 0 Å². The fourth-order valence-corrected chi connectivity index (χ4v) is 1.92. The molecule has 82 valence electrons. The highest BCUT2D eigenvalue weighted by atomic mass is 35.5. The Morgan fingerprint density at radius 2 is 2.00 bits per heavy atom. The predicted octanol–water partition coefficient (Wildman–Crippen LogP) is 1.90. The lowest BCUT2D eigenvalue weighted by Gasteiger charge is -2.19. The molecule has 1 N–H and O–H groups in total. The summed E-state index contributed by atoms with van der Waals surface area (Å²) in [5.74, 6) is 0. The monoisotopic (exact) mass is 251 g/mol. The standard InChI is InChI=1S/C6H14ClNO3S.ClH/c1-3-4-5-8(6(2)7)12(9,10)11;/h6H,3-5H2,1-2H3,(H,9,10,11);1H. The zero-order valence-electron chi connectivity index (χ0n) is 7.60. The van der Waals surface area contributed by atoms with Gasteiger partial charge in [0.05, 0.1) is 5.50 Å². The van der Waals surface area contributed by atoms with Crippen LogP contribution >= 0.6 is 24.0 Å². The Hall–Kier alpha value is 0.450. The van der Waals surface area contributed by atoms with E-state index in [0.29, 0.717) is 6.42 Å². The fourth-order valence-electron chi connectivity index (χ4n) is 0.791. The number of alkyl halides is 1. The molecule has 0 heterocycles. The van der Waals surface area contributed by atoms with Gasteiger partial charge in [-0.15, -0.1) is 24.0 Å². The van der Waals surface area contributed by atoms with Crippen molar-refractivity contribution in [2.75, 3.05) is 6.54 Å². The van der Waals surface area contributed by atoms with E-state index in [9.17, 15) is 8.42 Å². The normalized spacial score (nSPS) is 13.9. The Kier molecular flexibility index (Phi) is 8.36. The van der Waals surface area contributed by atoms with Crippen LogP contribution in [0.5, 0.6) is 0 Å². The van der Waals surface area contributed by atoms with E-state index in [2.05, 4.69) is 0 Å². The maximum Gasteiger partial charge on any atom is 0.337 e. The molecule has 0 radical (unpaired) electrons. The van der Waals surface area contributed by atoms with Gasteiger partial charge in [-0.25, -0.2) is 0 Å². The van der Waals surface area contributed by atoms with Crippen LogP contribution in [0.25, 0.3) is 0 Å². The molecule has 0 saturated carbocycles. The third-order valence-electron chi connectivity index (χ3n) is 1.43. The van der Waals surface area contributed by atoms with E-state index in [1.807, 2.05) is 6.92 Å². The molecule has 0 aromatic carbocycles. The van der Waals surface area contributed by atoms with Crippen LogP contribution < -0.4 is 0 Å². The van der Waals surface area contributed by atoms with Crippen molar-refractivity contribution in [1.29, 1.82) is 0 Å². The number of nitrogens with zero attached hydrogens (tertiary/aromatic N) is 1. The average molecular weight is 252 g/mol. The molecule has 0 spiro atoms. The highest BCUT2D eigenvalue weighted by Gasteiger charge is 2.22. The summed E-state index contributed by atoms with van der Waals surface area (Å²) in [6.45, 7) is 3.70. The first-order chi connectivity index (χ1) is 5.39. The minimum atomic E-state index is -4.14. The van der Waals surface area contributed by atoms with Crippen LogP contribution in [0.2, 0.25) is 0 Å². The molecule has 7 heteroatoms. The first-order valence-corrected chi connectivity index (χ1v) is 5.61. The van der Waals surface area contributed by atoms with E-state index >= 15 is 0 Å². The Balaban J connectivity index is 0. The van der Waals surface area contributed by atoms with Gasteiger partial charge in [0.1, 0.15) is 0 Å². The second-order valence-corrected chi connectivity index (χ2v) is 4.51. The van der Waals surface area contributed by atoms with E-state index in [4.69, 9.17) is 16.2 Å². The van der Waals surface area contributed by atoms with Crippen LogP contribution in [0.1, 0.15) is 26.7 Å². The molecule has 0 aliphatic rings. The third-order valence-corrected chi connectivity index (χ3v) is 2.87. The first kappa shape index (κ1) is 15.9. The summed E-state index contributed by atoms with van der Waals surface area (Å²) in [5, 5.41) is 0. The molecular formula is C6H15Cl2NO3S. The van der Waals surface area contributed by atoms with Crippen LogP contribution in [0, 0.1) is 0 Å². The van der Waals surface area contributed by atoms with Gasteiger partial charge in [0, 0.05) is 6.54 Å². The zero-order valence-corrected chi connectivity index (χ0v) is 9.99. The number of halogens is 2. The van der Waals surface area contributed by atoms with Gasteiger partial charge in [0.2, 0.25) is 0 Å². The quantitative estimate of drug-likeness (QED) is 0.462. The van der Waals surface area contributed by atoms with E-state index in [1.54, 1.807) is 0 Å². The summed E-state index contributed by atoms with van der Waals surface area (Å²) >= 11 is 5.55. The van der Waals surface area contributed by atoms with E-state index in [1.165, 1.54) is 6.92 Å². The molecule has 0 fully saturated rings. The molecule has 0 bridgehead atoms. The van der Waals surface area contributed by atoms with Gasteiger partial charge in [-0.2, -0.15) is 12.7 Å². The van der Waals surface area contributed by atoms with Gasteiger partial charge in [-0.3, -0.25) is 4.55 Å². The molecule has 0 aromatic heterocycles. The van der Waals surface area contributed by atoms with Crippen molar-refractivity contribution < 1.29 is 13.0 Å². The second-order valence-electron chi connectivity index (χ2n) is 2.52. The van der Waals surface area contributed by atoms with Crippen molar-refractivity contribution in [2.45, 2.75) is 32.2 Å². The Bertz CT molecular complexity index is 218. The number of hydrogen-bond acceptors (Lipinski definition) is 2. The highest BCUT2D eigenvalue weighted by molar-refractivity contribution is 7.83. The third kappa shape index (κ3) is 6.51. The van der Waals surface area contributed by atoms with Crippen LogP contribution in [-0.4, -0.2) is 29.3 Å². The highest BCUT2D eigenvalue weighted by Crippen LogP contribution is 2.09. The minimum Gasteiger partial charge on any atom is -0.273 e. The van der Waals surface area contributed by atoms with Crippen molar-refractivity contribution in [3.05, 3.63) is 0 Å². The van der Waals surface area contributed by atoms with Gasteiger partial charge in [0.25, 0.3) is 0 Å². The first-order valence-electron chi connectivity index (χ1n) is 3.78. The fraction of sp³-hybridized carbons (Fsp3) is 1.00. The smallest absolute Gasteiger partial charge is 0.273 e. The molecule has 1 unspecified atom stereocenters. The van der Waals surface area contributed by atoms with Crippen molar-refractivity contribution in [3.8, 4) is 0 Å². The molecule has 0 aromatic rings. The summed E-state index contributed by atoms with van der Waals surface area (Å²) in [4.78, 5) is 0. The van der Waals surface area contributed by atoms with E-state index in [0.717, 1.165) is 10.7 Å². The molecular weight excluding hydrogens is 237 g/mol. The molecule has 0 amide bonds. The molecule has 0 saturated heterocycles. The number of hydrogen-bond donors (Lipinski definition) is 1. The van der Waals surface area contributed by atoms with E-state index in [-0.39, 0.29) is 19.0 Å². The molecule has 13 heavy (non-hydrogen) atoms. The summed E-state index contributed by atoms with van der Waals surface area (Å²) in [5.41, 5.74) is -0.702. The van der Waals surface area contributed by atoms with Gasteiger partial charge in [-0.05, 0) is 13.3 Å². The van der Waals surface area contributed by atoms with Crippen molar-refractivity contribution >= 4 is 34.3 Å². The Labute approximate surface area is 90.5 Å². The summed E-state index contributed by atoms with van der Waals surface area (Å²) in [7, 11) is -4.14. The largest absolute Gasteiger partial charge is 0.337 e. The number of unbranched alkanes of at least 4 members (excludes halogenated alkanes) is 1. The maximum atomic E-state index is 10.7. The van der Waals surface area contributed by atoms with Crippen molar-refractivity contribution in [1.82, 2.24) is 4.31 Å². The summed E-state index contributed by atoms with van der Waals surface area (Å²) < 4.78 is 30.9.